The zero-order valence-corrected chi connectivity index (χ0v) is 15.2. The second-order valence-electron chi connectivity index (χ2n) is 7.14. The third-order valence-electron chi connectivity index (χ3n) is 3.78. The fourth-order valence-electron chi connectivity index (χ4n) is 2.62. The van der Waals surface area contributed by atoms with Gasteiger partial charge in [0, 0.05) is 5.69 Å². The maximum atomic E-state index is 12.5. The number of anilines is 1. The molecular formula is C21H23NO4. The van der Waals surface area contributed by atoms with E-state index in [1.54, 1.807) is 12.1 Å². The highest BCUT2D eigenvalue weighted by Gasteiger charge is 2.20. The van der Waals surface area contributed by atoms with Crippen molar-refractivity contribution in [3.63, 3.8) is 0 Å². The van der Waals surface area contributed by atoms with Gasteiger partial charge in [0.2, 0.25) is 6.79 Å². The number of esters is 1. The Kier molecular flexibility index (Phi) is 4.89. The van der Waals surface area contributed by atoms with Gasteiger partial charge in [-0.3, -0.25) is 0 Å². The number of allylic oxidation sites excluding steroid dienone is 1. The largest absolute Gasteiger partial charge is 0.456 e. The smallest absolute Gasteiger partial charge is 0.339 e. The summed E-state index contributed by atoms with van der Waals surface area (Å²) in [6.07, 6.45) is 4.61. The molecule has 1 aliphatic rings. The first-order valence-electron chi connectivity index (χ1n) is 8.50. The number of hydrogen-bond donors (Lipinski definition) is 1. The van der Waals surface area contributed by atoms with Crippen molar-refractivity contribution in [3.8, 4) is 11.5 Å². The minimum atomic E-state index is -0.560. The lowest BCUT2D eigenvalue weighted by Gasteiger charge is -2.20. The molecule has 0 unspecified atom stereocenters. The first kappa shape index (κ1) is 17.9. The van der Waals surface area contributed by atoms with Crippen LogP contribution in [0.1, 0.15) is 42.3 Å². The van der Waals surface area contributed by atoms with Crippen LogP contribution in [-0.4, -0.2) is 18.4 Å². The normalized spacial score (nSPS) is 13.2. The van der Waals surface area contributed by atoms with E-state index in [0.717, 1.165) is 22.6 Å². The highest BCUT2D eigenvalue weighted by molar-refractivity contribution is 5.95. The highest BCUT2D eigenvalue weighted by atomic mass is 16.7. The summed E-state index contributed by atoms with van der Waals surface area (Å²) in [6, 6.07) is 11.1. The molecule has 1 aliphatic heterocycles. The van der Waals surface area contributed by atoms with Crippen LogP contribution in [0.15, 0.2) is 42.5 Å². The van der Waals surface area contributed by atoms with Crippen molar-refractivity contribution in [3.05, 3.63) is 59.2 Å². The number of nitrogens with two attached hydrogens (primary N) is 1. The van der Waals surface area contributed by atoms with E-state index >= 15 is 0 Å². The van der Waals surface area contributed by atoms with Gasteiger partial charge >= 0.3 is 5.97 Å². The standard InChI is InChI=1S/C21H23NO4/c1-21(2,3)26-20(23)17-12-16(22)9-8-15(17)6-4-5-14-7-10-18-19(11-14)25-13-24-18/h4,6-12H,5,13,22H2,1-3H3/b6-4+. The quantitative estimate of drug-likeness (QED) is 0.658. The predicted octanol–water partition coefficient (Wildman–Crippen LogP) is 4.21. The van der Waals surface area contributed by atoms with Gasteiger partial charge in [-0.05, 0) is 62.6 Å². The SMILES string of the molecule is CC(C)(C)OC(=O)c1cc(N)ccc1/C=C/Cc1ccc2c(c1)OCO2. The highest BCUT2D eigenvalue weighted by Crippen LogP contribution is 2.32. The van der Waals surface area contributed by atoms with Gasteiger partial charge in [-0.15, -0.1) is 0 Å². The van der Waals surface area contributed by atoms with Gasteiger partial charge in [-0.1, -0.05) is 24.3 Å². The van der Waals surface area contributed by atoms with Crippen LogP contribution in [0.2, 0.25) is 0 Å². The molecule has 2 aromatic rings. The van der Waals surface area contributed by atoms with E-state index in [1.165, 1.54) is 0 Å². The summed E-state index contributed by atoms with van der Waals surface area (Å²) in [4.78, 5) is 12.5. The third-order valence-corrected chi connectivity index (χ3v) is 3.78. The number of hydrogen-bond acceptors (Lipinski definition) is 5. The van der Waals surface area contributed by atoms with E-state index in [4.69, 9.17) is 19.9 Å². The molecular weight excluding hydrogens is 330 g/mol. The summed E-state index contributed by atoms with van der Waals surface area (Å²) in [5.74, 6) is 1.15. The van der Waals surface area contributed by atoms with Gasteiger partial charge in [0.05, 0.1) is 5.56 Å². The van der Waals surface area contributed by atoms with Crippen LogP contribution >= 0.6 is 0 Å². The van der Waals surface area contributed by atoms with Crippen molar-refractivity contribution < 1.29 is 19.0 Å². The molecule has 26 heavy (non-hydrogen) atoms. The van der Waals surface area contributed by atoms with E-state index < -0.39 is 5.60 Å². The molecule has 3 rings (SSSR count). The van der Waals surface area contributed by atoms with Crippen molar-refractivity contribution in [1.29, 1.82) is 0 Å². The van der Waals surface area contributed by atoms with Gasteiger partial charge in [-0.25, -0.2) is 4.79 Å². The molecule has 2 N–H and O–H groups in total. The number of nitrogen functional groups attached to an aromatic ring is 1. The number of fused-ring (bicyclic) bond motifs is 1. The van der Waals surface area contributed by atoms with Crippen LogP contribution in [0.25, 0.3) is 6.08 Å². The summed E-state index contributed by atoms with van der Waals surface area (Å²) in [5.41, 5.74) is 8.14. The molecule has 5 nitrogen and oxygen atoms in total. The van der Waals surface area contributed by atoms with Crippen LogP contribution in [0.3, 0.4) is 0 Å². The minimum Gasteiger partial charge on any atom is -0.456 e. The summed E-state index contributed by atoms with van der Waals surface area (Å²) < 4.78 is 16.2. The molecule has 0 spiro atoms. The van der Waals surface area contributed by atoms with E-state index in [2.05, 4.69) is 0 Å². The zero-order valence-electron chi connectivity index (χ0n) is 15.2. The molecule has 0 atom stereocenters. The average molecular weight is 353 g/mol. The average Bonchev–Trinajstić information content (AvgIpc) is 3.02. The number of benzene rings is 2. The fraction of sp³-hybridized carbons (Fsp3) is 0.286. The first-order chi connectivity index (χ1) is 12.3. The molecule has 0 amide bonds. The third kappa shape index (κ3) is 4.36. The van der Waals surface area contributed by atoms with Gasteiger partial charge in [0.15, 0.2) is 11.5 Å². The van der Waals surface area contributed by atoms with Crippen molar-refractivity contribution >= 4 is 17.7 Å². The molecule has 5 heteroatoms. The first-order valence-corrected chi connectivity index (χ1v) is 8.50. The van der Waals surface area contributed by atoms with E-state index in [9.17, 15) is 4.79 Å². The Bertz CT molecular complexity index is 850. The van der Waals surface area contributed by atoms with Gasteiger partial charge in [0.1, 0.15) is 5.60 Å². The molecule has 1 heterocycles. The molecule has 2 aromatic carbocycles. The molecule has 0 aliphatic carbocycles. The van der Waals surface area contributed by atoms with Crippen molar-refractivity contribution in [1.82, 2.24) is 0 Å². The van der Waals surface area contributed by atoms with Crippen LogP contribution in [0.5, 0.6) is 11.5 Å². The minimum absolute atomic E-state index is 0.263. The fourth-order valence-corrected chi connectivity index (χ4v) is 2.62. The molecule has 0 bridgehead atoms. The van der Waals surface area contributed by atoms with Crippen molar-refractivity contribution in [2.24, 2.45) is 0 Å². The topological polar surface area (TPSA) is 70.8 Å². The second-order valence-corrected chi connectivity index (χ2v) is 7.14. The number of carbonyl (C=O) groups is 1. The summed E-state index contributed by atoms with van der Waals surface area (Å²) in [5, 5.41) is 0. The van der Waals surface area contributed by atoms with Gasteiger partial charge in [-0.2, -0.15) is 0 Å². The van der Waals surface area contributed by atoms with E-state index in [0.29, 0.717) is 17.7 Å². The molecule has 0 radical (unpaired) electrons. The number of carbonyl (C=O) groups excluding carboxylic acids is 1. The Morgan fingerprint density at radius 2 is 1.92 bits per heavy atom. The van der Waals surface area contributed by atoms with E-state index in [-0.39, 0.29) is 12.8 Å². The van der Waals surface area contributed by atoms with E-state index in [1.807, 2.05) is 57.2 Å². The maximum absolute atomic E-state index is 12.5. The van der Waals surface area contributed by atoms with Crippen molar-refractivity contribution in [2.75, 3.05) is 12.5 Å². The molecule has 0 fully saturated rings. The monoisotopic (exact) mass is 353 g/mol. The van der Waals surface area contributed by atoms with Crippen LogP contribution in [-0.2, 0) is 11.2 Å². The van der Waals surface area contributed by atoms with Gasteiger partial charge < -0.3 is 19.9 Å². The summed E-state index contributed by atoms with van der Waals surface area (Å²) in [7, 11) is 0. The molecule has 136 valence electrons. The summed E-state index contributed by atoms with van der Waals surface area (Å²) in [6.45, 7) is 5.78. The Morgan fingerprint density at radius 1 is 1.15 bits per heavy atom. The molecule has 0 saturated carbocycles. The lowest BCUT2D eigenvalue weighted by Crippen LogP contribution is -2.24. The zero-order chi connectivity index (χ0) is 18.7. The molecule has 0 saturated heterocycles. The number of rotatable bonds is 4. The van der Waals surface area contributed by atoms with Crippen LogP contribution in [0.4, 0.5) is 5.69 Å². The van der Waals surface area contributed by atoms with Crippen LogP contribution < -0.4 is 15.2 Å². The number of ether oxygens (including phenoxy) is 3. The van der Waals surface area contributed by atoms with Gasteiger partial charge in [0.25, 0.3) is 0 Å². The lowest BCUT2D eigenvalue weighted by molar-refractivity contribution is 0.00693. The Labute approximate surface area is 153 Å². The van der Waals surface area contributed by atoms with Crippen LogP contribution in [0, 0.1) is 0 Å². The lowest BCUT2D eigenvalue weighted by atomic mass is 10.0. The maximum Gasteiger partial charge on any atom is 0.339 e. The van der Waals surface area contributed by atoms with Crippen molar-refractivity contribution in [2.45, 2.75) is 32.8 Å². The predicted molar refractivity (Wildman–Crippen MR) is 101 cm³/mol. The Hall–Kier alpha value is -2.95. The molecule has 0 aromatic heterocycles. The second kappa shape index (κ2) is 7.12. The Morgan fingerprint density at radius 3 is 2.69 bits per heavy atom. The Balaban J connectivity index is 1.76. The summed E-state index contributed by atoms with van der Waals surface area (Å²) >= 11 is 0.